The first-order valence-electron chi connectivity index (χ1n) is 10.5. The maximum Gasteiger partial charge on any atom is 0.225 e. The van der Waals surface area contributed by atoms with Crippen molar-refractivity contribution in [2.24, 2.45) is 0 Å². The number of aryl methyl sites for hydroxylation is 2. The van der Waals surface area contributed by atoms with E-state index in [0.717, 1.165) is 65.4 Å². The molecule has 0 unspecified atom stereocenters. The van der Waals surface area contributed by atoms with Crippen molar-refractivity contribution in [3.05, 3.63) is 59.1 Å². The fourth-order valence-electron chi connectivity index (χ4n) is 4.29. The lowest BCUT2D eigenvalue weighted by atomic mass is 9.94. The molecule has 3 rings (SSSR count). The number of fused-ring (bicyclic) bond motifs is 1. The van der Waals surface area contributed by atoms with Gasteiger partial charge in [-0.15, -0.1) is 0 Å². The van der Waals surface area contributed by atoms with Crippen LogP contribution in [0.3, 0.4) is 0 Å². The van der Waals surface area contributed by atoms with Crippen molar-refractivity contribution in [1.82, 2.24) is 4.57 Å². The average Bonchev–Trinajstić information content (AvgIpc) is 3.09. The molecule has 3 nitrogen and oxygen atoms in total. The molecule has 1 aromatic carbocycles. The van der Waals surface area contributed by atoms with Gasteiger partial charge in [-0.2, -0.15) is 4.73 Å². The van der Waals surface area contributed by atoms with Gasteiger partial charge < -0.3 is 9.77 Å². The predicted octanol–water partition coefficient (Wildman–Crippen LogP) is 6.21. The van der Waals surface area contributed by atoms with Crippen molar-refractivity contribution < 1.29 is 4.73 Å². The van der Waals surface area contributed by atoms with E-state index in [-0.39, 0.29) is 0 Å². The van der Waals surface area contributed by atoms with E-state index in [4.69, 9.17) is 0 Å². The monoisotopic (exact) mass is 364 g/mol. The van der Waals surface area contributed by atoms with Gasteiger partial charge in [0.1, 0.15) is 5.52 Å². The van der Waals surface area contributed by atoms with E-state index in [1.165, 1.54) is 11.1 Å². The minimum atomic E-state index is 0.470. The second-order valence-electron chi connectivity index (χ2n) is 7.44. The van der Waals surface area contributed by atoms with Gasteiger partial charge >= 0.3 is 0 Å². The van der Waals surface area contributed by atoms with Gasteiger partial charge in [0, 0.05) is 23.7 Å². The van der Waals surface area contributed by atoms with Gasteiger partial charge in [-0.05, 0) is 42.9 Å². The van der Waals surface area contributed by atoms with Crippen molar-refractivity contribution >= 4 is 10.9 Å². The summed E-state index contributed by atoms with van der Waals surface area (Å²) in [5.41, 5.74) is 5.43. The third-order valence-electron chi connectivity index (χ3n) is 5.65. The Bertz CT molecular complexity index is 882. The maximum absolute atomic E-state index is 13.1. The fraction of sp³-hybridized carbons (Fsp3) is 0.458. The molecule has 3 heteroatoms. The van der Waals surface area contributed by atoms with Gasteiger partial charge in [-0.25, -0.2) is 0 Å². The molecule has 2 aromatic heterocycles. The van der Waals surface area contributed by atoms with Crippen LogP contribution in [0.5, 0.6) is 0 Å². The number of hydrogen-bond donors (Lipinski definition) is 0. The van der Waals surface area contributed by atoms with Gasteiger partial charge in [0.25, 0.3) is 0 Å². The molecule has 0 aliphatic heterocycles. The van der Waals surface area contributed by atoms with Crippen molar-refractivity contribution in [2.75, 3.05) is 0 Å². The molecule has 0 saturated carbocycles. The topological polar surface area (TPSA) is 31.9 Å². The largest absolute Gasteiger partial charge is 0.618 e. The zero-order chi connectivity index (χ0) is 19.4. The number of nitrogens with zero attached hydrogens (tertiary/aromatic N) is 2. The maximum atomic E-state index is 13.1. The third kappa shape index (κ3) is 3.73. The van der Waals surface area contributed by atoms with Crippen LogP contribution in [0.1, 0.15) is 70.5 Å². The van der Waals surface area contributed by atoms with Crippen LogP contribution in [-0.4, -0.2) is 4.57 Å². The Balaban J connectivity index is 2.15. The molecule has 3 aromatic rings. The number of hydrogen-bond acceptors (Lipinski definition) is 1. The summed E-state index contributed by atoms with van der Waals surface area (Å²) in [6.07, 6.45) is 10.4. The first-order chi connectivity index (χ1) is 13.1. The van der Waals surface area contributed by atoms with E-state index in [2.05, 4.69) is 68.8 Å². The molecule has 0 N–H and O–H groups in total. The summed E-state index contributed by atoms with van der Waals surface area (Å²) in [5.74, 6) is 0. The Labute approximate surface area is 163 Å². The molecule has 0 aliphatic rings. The average molecular weight is 365 g/mol. The van der Waals surface area contributed by atoms with Gasteiger partial charge in [0.15, 0.2) is 0 Å². The molecular formula is C24H32N2O. The van der Waals surface area contributed by atoms with Crippen LogP contribution >= 0.6 is 0 Å². The molecule has 0 atom stereocenters. The Morgan fingerprint density at radius 2 is 1.59 bits per heavy atom. The van der Waals surface area contributed by atoms with Crippen LogP contribution in [0.4, 0.5) is 0 Å². The Kier molecular flexibility index (Phi) is 6.20. The summed E-state index contributed by atoms with van der Waals surface area (Å²) in [7, 11) is 0. The second-order valence-corrected chi connectivity index (χ2v) is 7.44. The molecule has 0 spiro atoms. The quantitative estimate of drug-likeness (QED) is 0.345. The number of aromatic nitrogens is 2. The standard InChI is InChI=1S/C24H32N2O/c1-5-10-21(11-6-2)25-15-14-20-16-22(26(27)17-23(20)25)24-18(7-3)12-9-13-19(24)8-4/h9,12-17,21H,5-8,10-11H2,1-4H3. The SMILES string of the molecule is CCCC(CCC)n1ccc2cc(-c3c(CC)cccc3CC)[n+]([O-])cc21. The van der Waals surface area contributed by atoms with Crippen LogP contribution in [0.2, 0.25) is 0 Å². The predicted molar refractivity (Wildman–Crippen MR) is 114 cm³/mol. The molecule has 0 radical (unpaired) electrons. The zero-order valence-corrected chi connectivity index (χ0v) is 17.2. The normalized spacial score (nSPS) is 11.6. The highest BCUT2D eigenvalue weighted by Crippen LogP contribution is 2.31. The zero-order valence-electron chi connectivity index (χ0n) is 17.2. The van der Waals surface area contributed by atoms with Gasteiger partial charge in [-0.1, -0.05) is 58.7 Å². The molecule has 0 saturated heterocycles. The second kappa shape index (κ2) is 8.60. The molecule has 0 bridgehead atoms. The Hall–Kier alpha value is -2.29. The third-order valence-corrected chi connectivity index (χ3v) is 5.65. The van der Waals surface area contributed by atoms with Crippen molar-refractivity contribution in [3.63, 3.8) is 0 Å². The molecule has 0 amide bonds. The number of benzene rings is 1. The molecule has 0 aliphatic carbocycles. The van der Waals surface area contributed by atoms with Gasteiger partial charge in [0.05, 0.1) is 5.56 Å². The summed E-state index contributed by atoms with van der Waals surface area (Å²) in [4.78, 5) is 0. The van der Waals surface area contributed by atoms with Gasteiger partial charge in [0.2, 0.25) is 11.9 Å². The number of rotatable bonds is 8. The summed E-state index contributed by atoms with van der Waals surface area (Å²) in [6.45, 7) is 8.77. The first-order valence-corrected chi connectivity index (χ1v) is 10.5. The summed E-state index contributed by atoms with van der Waals surface area (Å²) < 4.78 is 3.40. The molecule has 2 heterocycles. The van der Waals surface area contributed by atoms with E-state index in [9.17, 15) is 5.21 Å². The fourth-order valence-corrected chi connectivity index (χ4v) is 4.29. The van der Waals surface area contributed by atoms with Crippen LogP contribution in [-0.2, 0) is 12.8 Å². The minimum Gasteiger partial charge on any atom is -0.618 e. The number of pyridine rings is 1. The molecule has 144 valence electrons. The van der Waals surface area contributed by atoms with Gasteiger partial charge in [-0.3, -0.25) is 0 Å². The molecular weight excluding hydrogens is 332 g/mol. The van der Waals surface area contributed by atoms with Crippen molar-refractivity contribution in [2.45, 2.75) is 72.3 Å². The van der Waals surface area contributed by atoms with E-state index in [1.807, 2.05) is 0 Å². The van der Waals surface area contributed by atoms with Crippen LogP contribution in [0.15, 0.2) is 42.7 Å². The van der Waals surface area contributed by atoms with Crippen LogP contribution in [0.25, 0.3) is 22.2 Å². The summed E-state index contributed by atoms with van der Waals surface area (Å²) >= 11 is 0. The lowest BCUT2D eigenvalue weighted by Crippen LogP contribution is -2.29. The van der Waals surface area contributed by atoms with E-state index in [0.29, 0.717) is 6.04 Å². The highest BCUT2D eigenvalue weighted by Gasteiger charge is 2.20. The van der Waals surface area contributed by atoms with Crippen LogP contribution in [0, 0.1) is 5.21 Å². The van der Waals surface area contributed by atoms with Crippen molar-refractivity contribution in [3.8, 4) is 11.3 Å². The summed E-state index contributed by atoms with van der Waals surface area (Å²) in [5, 5.41) is 14.2. The summed E-state index contributed by atoms with van der Waals surface area (Å²) in [6, 6.07) is 11.1. The van der Waals surface area contributed by atoms with E-state index in [1.54, 1.807) is 6.20 Å². The lowest BCUT2D eigenvalue weighted by molar-refractivity contribution is -0.592. The highest BCUT2D eigenvalue weighted by molar-refractivity contribution is 5.83. The van der Waals surface area contributed by atoms with Crippen LogP contribution < -0.4 is 4.73 Å². The minimum absolute atomic E-state index is 0.470. The Morgan fingerprint density at radius 1 is 0.963 bits per heavy atom. The molecule has 0 fully saturated rings. The highest BCUT2D eigenvalue weighted by atomic mass is 16.5. The molecule has 27 heavy (non-hydrogen) atoms. The smallest absolute Gasteiger partial charge is 0.225 e. The Morgan fingerprint density at radius 3 is 2.15 bits per heavy atom. The van der Waals surface area contributed by atoms with E-state index >= 15 is 0 Å². The van der Waals surface area contributed by atoms with Crippen molar-refractivity contribution in [1.29, 1.82) is 0 Å². The lowest BCUT2D eigenvalue weighted by Gasteiger charge is -2.19. The van der Waals surface area contributed by atoms with E-state index < -0.39 is 0 Å². The first kappa shape index (κ1) is 19.5.